The number of rotatable bonds is 6. The van der Waals surface area contributed by atoms with Crippen LogP contribution in [0.5, 0.6) is 0 Å². The molecule has 0 saturated heterocycles. The van der Waals surface area contributed by atoms with E-state index in [4.69, 9.17) is 0 Å². The lowest BCUT2D eigenvalue weighted by Crippen LogP contribution is -2.45. The van der Waals surface area contributed by atoms with Crippen LogP contribution in [0.2, 0.25) is 0 Å². The van der Waals surface area contributed by atoms with Gasteiger partial charge >= 0.3 is 0 Å². The van der Waals surface area contributed by atoms with E-state index in [9.17, 15) is 0 Å². The van der Waals surface area contributed by atoms with Gasteiger partial charge in [-0.2, -0.15) is 0 Å². The second-order valence-corrected chi connectivity index (χ2v) is 6.14. The van der Waals surface area contributed by atoms with Crippen molar-refractivity contribution >= 4 is 0 Å². The van der Waals surface area contributed by atoms with Crippen molar-refractivity contribution in [2.24, 2.45) is 11.8 Å². The molecule has 1 rings (SSSR count). The lowest BCUT2D eigenvalue weighted by molar-refractivity contribution is 0.0989. The van der Waals surface area contributed by atoms with Crippen LogP contribution in [0, 0.1) is 11.8 Å². The Labute approximate surface area is 96.2 Å². The smallest absolute Gasteiger partial charge is 0.0102 e. The van der Waals surface area contributed by atoms with Crippen molar-refractivity contribution < 1.29 is 0 Å². The first kappa shape index (κ1) is 13.0. The molecule has 0 aromatic rings. The molecule has 15 heavy (non-hydrogen) atoms. The van der Waals surface area contributed by atoms with Gasteiger partial charge in [-0.25, -0.2) is 0 Å². The lowest BCUT2D eigenvalue weighted by Gasteiger charge is -2.37. The fourth-order valence-corrected chi connectivity index (χ4v) is 2.61. The van der Waals surface area contributed by atoms with Gasteiger partial charge in [0.1, 0.15) is 0 Å². The van der Waals surface area contributed by atoms with Gasteiger partial charge in [0.2, 0.25) is 0 Å². The lowest BCUT2D eigenvalue weighted by atomic mass is 9.98. The van der Waals surface area contributed by atoms with Crippen LogP contribution in [0.25, 0.3) is 0 Å². The van der Waals surface area contributed by atoms with Gasteiger partial charge in [-0.1, -0.05) is 27.7 Å². The fraction of sp³-hybridized carbons (Fsp3) is 1.00. The van der Waals surface area contributed by atoms with Crippen LogP contribution >= 0.6 is 0 Å². The molecule has 1 nitrogen and oxygen atoms in total. The van der Waals surface area contributed by atoms with Gasteiger partial charge in [0.15, 0.2) is 0 Å². The largest absolute Gasteiger partial charge is 0.295 e. The third-order valence-electron chi connectivity index (χ3n) is 3.73. The molecule has 2 atom stereocenters. The molecule has 1 saturated carbocycles. The normalized spacial score (nSPS) is 21.4. The molecule has 1 aliphatic rings. The second-order valence-electron chi connectivity index (χ2n) is 6.14. The van der Waals surface area contributed by atoms with E-state index in [1.54, 1.807) is 0 Å². The van der Waals surface area contributed by atoms with E-state index in [1.165, 1.54) is 19.3 Å². The quantitative estimate of drug-likeness (QED) is 0.643. The maximum absolute atomic E-state index is 2.78. The Balaban J connectivity index is 2.56. The van der Waals surface area contributed by atoms with Crippen molar-refractivity contribution in [2.75, 3.05) is 0 Å². The van der Waals surface area contributed by atoms with Crippen molar-refractivity contribution in [1.82, 2.24) is 4.90 Å². The van der Waals surface area contributed by atoms with Gasteiger partial charge in [-0.3, -0.25) is 4.90 Å². The van der Waals surface area contributed by atoms with Crippen molar-refractivity contribution in [3.63, 3.8) is 0 Å². The van der Waals surface area contributed by atoms with Gasteiger partial charge in [0.05, 0.1) is 0 Å². The summed E-state index contributed by atoms with van der Waals surface area (Å²) in [5.41, 5.74) is 0. The SMILES string of the molecule is CC(C)C[C@@H](C)N(C1CC1)[C@@H](C)C(C)C. The van der Waals surface area contributed by atoms with Crippen molar-refractivity contribution in [3.8, 4) is 0 Å². The summed E-state index contributed by atoms with van der Waals surface area (Å²) in [6.45, 7) is 14.2. The second kappa shape index (κ2) is 5.34. The van der Waals surface area contributed by atoms with Crippen molar-refractivity contribution in [2.45, 2.75) is 78.9 Å². The minimum Gasteiger partial charge on any atom is -0.295 e. The van der Waals surface area contributed by atoms with Crippen molar-refractivity contribution in [1.29, 1.82) is 0 Å². The molecule has 0 spiro atoms. The minimum absolute atomic E-state index is 0.742. The van der Waals surface area contributed by atoms with E-state index in [-0.39, 0.29) is 0 Å². The van der Waals surface area contributed by atoms with Crippen molar-refractivity contribution in [3.05, 3.63) is 0 Å². The van der Waals surface area contributed by atoms with Crippen LogP contribution < -0.4 is 0 Å². The van der Waals surface area contributed by atoms with Gasteiger partial charge < -0.3 is 0 Å². The summed E-state index contributed by atoms with van der Waals surface area (Å²) in [5.74, 6) is 1.60. The third-order valence-corrected chi connectivity index (χ3v) is 3.73. The standard InChI is InChI=1S/C14H29N/c1-10(2)9-12(5)15(14-7-8-14)13(6)11(3)4/h10-14H,7-9H2,1-6H3/t12-,13+/m1/s1. The van der Waals surface area contributed by atoms with E-state index in [0.717, 1.165) is 30.0 Å². The Hall–Kier alpha value is -0.0400. The van der Waals surface area contributed by atoms with E-state index >= 15 is 0 Å². The predicted octanol–water partition coefficient (Wildman–Crippen LogP) is 3.93. The monoisotopic (exact) mass is 211 g/mol. The van der Waals surface area contributed by atoms with E-state index < -0.39 is 0 Å². The molecule has 0 aromatic heterocycles. The maximum atomic E-state index is 2.78. The highest BCUT2D eigenvalue weighted by atomic mass is 15.2. The van der Waals surface area contributed by atoms with Crippen LogP contribution in [0.1, 0.15) is 60.8 Å². The third kappa shape index (κ3) is 3.79. The summed E-state index contributed by atoms with van der Waals surface area (Å²) >= 11 is 0. The summed E-state index contributed by atoms with van der Waals surface area (Å²) in [5, 5.41) is 0. The summed E-state index contributed by atoms with van der Waals surface area (Å²) in [6.07, 6.45) is 4.20. The van der Waals surface area contributed by atoms with Gasteiger partial charge in [-0.15, -0.1) is 0 Å². The summed E-state index contributed by atoms with van der Waals surface area (Å²) in [6, 6.07) is 2.40. The molecule has 0 unspecified atom stereocenters. The van der Waals surface area contributed by atoms with Crippen LogP contribution in [0.3, 0.4) is 0 Å². The predicted molar refractivity (Wildman–Crippen MR) is 68.1 cm³/mol. The van der Waals surface area contributed by atoms with Crippen LogP contribution in [0.4, 0.5) is 0 Å². The van der Waals surface area contributed by atoms with Gasteiger partial charge in [0.25, 0.3) is 0 Å². The molecule has 0 aliphatic heterocycles. The molecule has 90 valence electrons. The van der Waals surface area contributed by atoms with E-state index in [0.29, 0.717) is 0 Å². The van der Waals surface area contributed by atoms with Crippen LogP contribution in [-0.4, -0.2) is 23.0 Å². The molecule has 0 aromatic carbocycles. The summed E-state index contributed by atoms with van der Waals surface area (Å²) in [7, 11) is 0. The molecule has 0 bridgehead atoms. The fourth-order valence-electron chi connectivity index (χ4n) is 2.61. The first-order valence-electron chi connectivity index (χ1n) is 6.71. The zero-order valence-electron chi connectivity index (χ0n) is 11.5. The summed E-state index contributed by atoms with van der Waals surface area (Å²) in [4.78, 5) is 2.78. The average molecular weight is 211 g/mol. The first-order valence-corrected chi connectivity index (χ1v) is 6.71. The summed E-state index contributed by atoms with van der Waals surface area (Å²) < 4.78 is 0. The highest BCUT2D eigenvalue weighted by Crippen LogP contribution is 2.33. The number of nitrogens with zero attached hydrogens (tertiary/aromatic N) is 1. The zero-order chi connectivity index (χ0) is 11.6. The average Bonchev–Trinajstić information content (AvgIpc) is 2.86. The molecule has 1 aliphatic carbocycles. The molecular weight excluding hydrogens is 182 g/mol. The molecule has 0 amide bonds. The minimum atomic E-state index is 0.742. The highest BCUT2D eigenvalue weighted by Gasteiger charge is 2.36. The molecule has 0 N–H and O–H groups in total. The number of hydrogen-bond donors (Lipinski definition) is 0. The Morgan fingerprint density at radius 2 is 1.53 bits per heavy atom. The maximum Gasteiger partial charge on any atom is 0.0102 e. The Bertz CT molecular complexity index is 182. The van der Waals surface area contributed by atoms with E-state index in [2.05, 4.69) is 46.4 Å². The molecular formula is C14H29N. The highest BCUT2D eigenvalue weighted by molar-refractivity contribution is 4.91. The Morgan fingerprint density at radius 1 is 1.00 bits per heavy atom. The zero-order valence-corrected chi connectivity index (χ0v) is 11.5. The van der Waals surface area contributed by atoms with Crippen LogP contribution in [-0.2, 0) is 0 Å². The first-order chi connectivity index (χ1) is 6.93. The molecule has 1 heteroatoms. The van der Waals surface area contributed by atoms with Crippen LogP contribution in [0.15, 0.2) is 0 Å². The van der Waals surface area contributed by atoms with Gasteiger partial charge in [0, 0.05) is 18.1 Å². The Morgan fingerprint density at radius 3 is 1.87 bits per heavy atom. The Kier molecular flexibility index (Phi) is 4.64. The number of hydrogen-bond acceptors (Lipinski definition) is 1. The molecule has 1 fully saturated rings. The molecule has 0 radical (unpaired) electrons. The van der Waals surface area contributed by atoms with E-state index in [1.807, 2.05) is 0 Å². The van der Waals surface area contributed by atoms with Gasteiger partial charge in [-0.05, 0) is 44.9 Å². The topological polar surface area (TPSA) is 3.24 Å². The molecule has 0 heterocycles.